The third kappa shape index (κ3) is 3.03. The zero-order chi connectivity index (χ0) is 14.8. The topological polar surface area (TPSA) is 17.1 Å². The van der Waals surface area contributed by atoms with Crippen LogP contribution in [0.4, 0.5) is 4.39 Å². The Bertz CT molecular complexity index is 826. The standard InChI is InChI=1S/C18H12BrFO/c19-16-8-7-15(11-17(16)20)18(21)10-12-5-6-13-3-1-2-4-14(13)9-12/h1-9,11H,10H2. The Morgan fingerprint density at radius 1 is 0.952 bits per heavy atom. The Labute approximate surface area is 130 Å². The van der Waals surface area contributed by atoms with Gasteiger partial charge >= 0.3 is 0 Å². The molecule has 3 aromatic rings. The van der Waals surface area contributed by atoms with Gasteiger partial charge in [-0.3, -0.25) is 4.79 Å². The lowest BCUT2D eigenvalue weighted by molar-refractivity contribution is 0.0992. The van der Waals surface area contributed by atoms with E-state index in [2.05, 4.69) is 15.9 Å². The molecule has 1 nitrogen and oxygen atoms in total. The predicted octanol–water partition coefficient (Wildman–Crippen LogP) is 5.17. The molecule has 0 saturated carbocycles. The number of Topliss-reactive ketones (excluding diaryl/α,β-unsaturated/α-hetero) is 1. The largest absolute Gasteiger partial charge is 0.294 e. The van der Waals surface area contributed by atoms with E-state index in [1.807, 2.05) is 42.5 Å². The summed E-state index contributed by atoms with van der Waals surface area (Å²) in [5.74, 6) is -0.504. The molecule has 0 saturated heterocycles. The van der Waals surface area contributed by atoms with Crippen LogP contribution in [0.3, 0.4) is 0 Å². The van der Waals surface area contributed by atoms with Crippen molar-refractivity contribution in [3.05, 3.63) is 82.1 Å². The smallest absolute Gasteiger partial charge is 0.167 e. The first-order valence-corrected chi connectivity index (χ1v) is 7.39. The van der Waals surface area contributed by atoms with Gasteiger partial charge in [-0.2, -0.15) is 0 Å². The Morgan fingerprint density at radius 2 is 1.71 bits per heavy atom. The van der Waals surface area contributed by atoms with E-state index in [4.69, 9.17) is 0 Å². The van der Waals surface area contributed by atoms with E-state index in [0.29, 0.717) is 10.0 Å². The zero-order valence-corrected chi connectivity index (χ0v) is 12.7. The molecule has 0 unspecified atom stereocenters. The van der Waals surface area contributed by atoms with E-state index in [-0.39, 0.29) is 12.2 Å². The average molecular weight is 343 g/mol. The van der Waals surface area contributed by atoms with Crippen molar-refractivity contribution in [1.29, 1.82) is 0 Å². The highest BCUT2D eigenvalue weighted by Crippen LogP contribution is 2.19. The maximum atomic E-state index is 13.5. The van der Waals surface area contributed by atoms with Crippen LogP contribution in [0.5, 0.6) is 0 Å². The van der Waals surface area contributed by atoms with Crippen molar-refractivity contribution < 1.29 is 9.18 Å². The molecule has 3 rings (SSSR count). The maximum absolute atomic E-state index is 13.5. The third-order valence-corrected chi connectivity index (χ3v) is 4.06. The molecular weight excluding hydrogens is 331 g/mol. The monoisotopic (exact) mass is 342 g/mol. The van der Waals surface area contributed by atoms with Crippen LogP contribution in [0.1, 0.15) is 15.9 Å². The van der Waals surface area contributed by atoms with Gasteiger partial charge in [0.05, 0.1) is 4.47 Å². The number of fused-ring (bicyclic) bond motifs is 1. The molecule has 0 bridgehead atoms. The van der Waals surface area contributed by atoms with Gasteiger partial charge < -0.3 is 0 Å². The second-order valence-electron chi connectivity index (χ2n) is 4.91. The molecular formula is C18H12BrFO. The molecule has 0 heterocycles. The quantitative estimate of drug-likeness (QED) is 0.600. The summed E-state index contributed by atoms with van der Waals surface area (Å²) in [6.45, 7) is 0. The minimum atomic E-state index is -0.417. The molecule has 0 amide bonds. The average Bonchev–Trinajstić information content (AvgIpc) is 2.50. The molecule has 0 aromatic heterocycles. The molecule has 0 aliphatic heterocycles. The molecule has 0 N–H and O–H groups in total. The van der Waals surface area contributed by atoms with Crippen LogP contribution in [0, 0.1) is 5.82 Å². The fraction of sp³-hybridized carbons (Fsp3) is 0.0556. The van der Waals surface area contributed by atoms with Crippen LogP contribution in [-0.2, 0) is 6.42 Å². The fourth-order valence-corrected chi connectivity index (χ4v) is 2.55. The van der Waals surface area contributed by atoms with Gasteiger partial charge in [0.1, 0.15) is 5.82 Å². The van der Waals surface area contributed by atoms with Gasteiger partial charge in [-0.1, -0.05) is 48.5 Å². The summed E-state index contributed by atoms with van der Waals surface area (Å²) >= 11 is 3.09. The number of ketones is 1. The number of rotatable bonds is 3. The van der Waals surface area contributed by atoms with Crippen molar-refractivity contribution in [2.45, 2.75) is 6.42 Å². The highest BCUT2D eigenvalue weighted by molar-refractivity contribution is 9.10. The van der Waals surface area contributed by atoms with Gasteiger partial charge in [-0.25, -0.2) is 4.39 Å². The molecule has 104 valence electrons. The Balaban J connectivity index is 1.87. The summed E-state index contributed by atoms with van der Waals surface area (Å²) in [4.78, 5) is 12.2. The normalized spacial score (nSPS) is 10.8. The van der Waals surface area contributed by atoms with Crippen LogP contribution in [0.2, 0.25) is 0 Å². The summed E-state index contributed by atoms with van der Waals surface area (Å²) in [5, 5.41) is 2.24. The minimum absolute atomic E-state index is 0.0864. The van der Waals surface area contributed by atoms with Gasteiger partial charge in [0.25, 0.3) is 0 Å². The van der Waals surface area contributed by atoms with E-state index in [0.717, 1.165) is 16.3 Å². The van der Waals surface area contributed by atoms with Crippen LogP contribution < -0.4 is 0 Å². The first-order chi connectivity index (χ1) is 10.1. The summed E-state index contributed by atoms with van der Waals surface area (Å²) < 4.78 is 13.9. The van der Waals surface area contributed by atoms with Gasteiger partial charge in [0, 0.05) is 12.0 Å². The lowest BCUT2D eigenvalue weighted by Crippen LogP contribution is -2.04. The Kier molecular flexibility index (Phi) is 3.84. The van der Waals surface area contributed by atoms with Crippen molar-refractivity contribution in [1.82, 2.24) is 0 Å². The number of benzene rings is 3. The summed E-state index contributed by atoms with van der Waals surface area (Å²) in [7, 11) is 0. The minimum Gasteiger partial charge on any atom is -0.294 e. The highest BCUT2D eigenvalue weighted by atomic mass is 79.9. The van der Waals surface area contributed by atoms with Gasteiger partial charge in [-0.15, -0.1) is 0 Å². The second-order valence-corrected chi connectivity index (χ2v) is 5.76. The van der Waals surface area contributed by atoms with Crippen molar-refractivity contribution in [2.75, 3.05) is 0 Å². The van der Waals surface area contributed by atoms with Crippen LogP contribution in [0.25, 0.3) is 10.8 Å². The third-order valence-electron chi connectivity index (χ3n) is 3.42. The van der Waals surface area contributed by atoms with Crippen LogP contribution >= 0.6 is 15.9 Å². The van der Waals surface area contributed by atoms with E-state index in [1.54, 1.807) is 12.1 Å². The summed E-state index contributed by atoms with van der Waals surface area (Å²) in [5.41, 5.74) is 1.32. The van der Waals surface area contributed by atoms with E-state index < -0.39 is 5.82 Å². The lowest BCUT2D eigenvalue weighted by atomic mass is 10.0. The van der Waals surface area contributed by atoms with E-state index in [9.17, 15) is 9.18 Å². The Morgan fingerprint density at radius 3 is 2.48 bits per heavy atom. The van der Waals surface area contributed by atoms with Gasteiger partial charge in [-0.05, 0) is 44.4 Å². The molecule has 3 heteroatoms. The molecule has 0 aliphatic carbocycles. The predicted molar refractivity (Wildman–Crippen MR) is 86.1 cm³/mol. The van der Waals surface area contributed by atoms with Crippen molar-refractivity contribution in [3.63, 3.8) is 0 Å². The molecule has 3 aromatic carbocycles. The maximum Gasteiger partial charge on any atom is 0.167 e. The molecule has 0 spiro atoms. The van der Waals surface area contributed by atoms with Crippen molar-refractivity contribution in [3.8, 4) is 0 Å². The Hall–Kier alpha value is -2.00. The number of hydrogen-bond donors (Lipinski definition) is 0. The summed E-state index contributed by atoms with van der Waals surface area (Å²) in [6, 6.07) is 18.4. The first kappa shape index (κ1) is 14.0. The highest BCUT2D eigenvalue weighted by Gasteiger charge is 2.10. The number of hydrogen-bond acceptors (Lipinski definition) is 1. The van der Waals surface area contributed by atoms with Crippen LogP contribution in [-0.4, -0.2) is 5.78 Å². The van der Waals surface area contributed by atoms with Gasteiger partial charge in [0.2, 0.25) is 0 Å². The SMILES string of the molecule is O=C(Cc1ccc2ccccc2c1)c1ccc(Br)c(F)c1. The molecule has 0 fully saturated rings. The lowest BCUT2D eigenvalue weighted by Gasteiger charge is -2.05. The van der Waals surface area contributed by atoms with Crippen molar-refractivity contribution in [2.24, 2.45) is 0 Å². The second kappa shape index (κ2) is 5.78. The molecule has 21 heavy (non-hydrogen) atoms. The zero-order valence-electron chi connectivity index (χ0n) is 11.1. The number of carbonyl (C=O) groups is 1. The fourth-order valence-electron chi connectivity index (χ4n) is 2.31. The molecule has 0 radical (unpaired) electrons. The molecule has 0 atom stereocenters. The van der Waals surface area contributed by atoms with Crippen molar-refractivity contribution >= 4 is 32.5 Å². The van der Waals surface area contributed by atoms with E-state index in [1.165, 1.54) is 6.07 Å². The summed E-state index contributed by atoms with van der Waals surface area (Å²) in [6.07, 6.45) is 0.270. The van der Waals surface area contributed by atoms with E-state index >= 15 is 0 Å². The first-order valence-electron chi connectivity index (χ1n) is 6.59. The number of carbonyl (C=O) groups excluding carboxylic acids is 1. The van der Waals surface area contributed by atoms with Gasteiger partial charge in [0.15, 0.2) is 5.78 Å². The van der Waals surface area contributed by atoms with Crippen LogP contribution in [0.15, 0.2) is 65.1 Å². The number of halogens is 2. The molecule has 0 aliphatic rings.